The fourth-order valence-electron chi connectivity index (χ4n) is 4.82. The molecule has 1 aliphatic heterocycles. The van der Waals surface area contributed by atoms with Gasteiger partial charge >= 0.3 is 6.09 Å². The van der Waals surface area contributed by atoms with Gasteiger partial charge in [0.25, 0.3) is 0 Å². The predicted octanol–water partition coefficient (Wildman–Crippen LogP) is 6.09. The van der Waals surface area contributed by atoms with Crippen LogP contribution in [-0.2, 0) is 4.74 Å². The van der Waals surface area contributed by atoms with Crippen LogP contribution in [0.3, 0.4) is 0 Å². The highest BCUT2D eigenvalue weighted by atomic mass is 35.5. The van der Waals surface area contributed by atoms with E-state index in [1.165, 1.54) is 6.20 Å². The van der Waals surface area contributed by atoms with Crippen LogP contribution in [0.5, 0.6) is 11.5 Å². The third kappa shape index (κ3) is 8.23. The molecule has 2 aromatic carbocycles. The first-order chi connectivity index (χ1) is 20.4. The maximum atomic E-state index is 12.3. The van der Waals surface area contributed by atoms with Crippen LogP contribution in [-0.4, -0.2) is 74.0 Å². The fraction of sp³-hybridized carbons (Fsp3) is 0.433. The number of carbonyl (C=O) groups excluding carboxylic acids is 1. The van der Waals surface area contributed by atoms with E-state index < -0.39 is 11.7 Å². The molecule has 1 amide bonds. The van der Waals surface area contributed by atoms with Crippen LogP contribution in [0.4, 0.5) is 45.0 Å². The second-order valence-electron chi connectivity index (χ2n) is 11.5. The zero-order valence-electron chi connectivity index (χ0n) is 25.7. The molecular formula is C30H41ClN8O4. The molecule has 0 atom stereocenters. The van der Waals surface area contributed by atoms with Crippen LogP contribution in [0.2, 0.25) is 5.02 Å². The summed E-state index contributed by atoms with van der Waals surface area (Å²) in [6, 6.07) is 9.43. The van der Waals surface area contributed by atoms with Gasteiger partial charge in [0.15, 0.2) is 5.82 Å². The Morgan fingerprint density at radius 1 is 1.05 bits per heavy atom. The minimum atomic E-state index is -0.633. The summed E-state index contributed by atoms with van der Waals surface area (Å²) in [6.45, 7) is 7.21. The molecule has 0 spiro atoms. The number of anilines is 7. The minimum absolute atomic E-state index is 0.270. The summed E-state index contributed by atoms with van der Waals surface area (Å²) < 4.78 is 16.6. The van der Waals surface area contributed by atoms with Crippen molar-refractivity contribution in [1.82, 2.24) is 14.9 Å². The lowest BCUT2D eigenvalue weighted by atomic mass is 10.0. The molecule has 0 aliphatic carbocycles. The number of ether oxygens (including phenoxy) is 3. The second kappa shape index (κ2) is 13.4. The van der Waals surface area contributed by atoms with Gasteiger partial charge in [0, 0.05) is 30.9 Å². The Morgan fingerprint density at radius 2 is 1.72 bits per heavy atom. The van der Waals surface area contributed by atoms with E-state index in [1.807, 2.05) is 12.1 Å². The summed E-state index contributed by atoms with van der Waals surface area (Å²) in [5, 5.41) is 9.38. The lowest BCUT2D eigenvalue weighted by Crippen LogP contribution is -2.42. The highest BCUT2D eigenvalue weighted by Gasteiger charge is 2.23. The van der Waals surface area contributed by atoms with Crippen molar-refractivity contribution < 1.29 is 19.0 Å². The Bertz CT molecular complexity index is 1440. The van der Waals surface area contributed by atoms with Crippen molar-refractivity contribution in [1.29, 1.82) is 0 Å². The van der Waals surface area contributed by atoms with Gasteiger partial charge in [-0.05, 0) is 72.0 Å². The Labute approximate surface area is 257 Å². The van der Waals surface area contributed by atoms with Crippen LogP contribution in [0.15, 0.2) is 36.5 Å². The molecule has 12 nitrogen and oxygen atoms in total. The number of amides is 1. The van der Waals surface area contributed by atoms with Gasteiger partial charge in [-0.15, -0.1) is 0 Å². The molecular weight excluding hydrogens is 572 g/mol. The van der Waals surface area contributed by atoms with E-state index in [2.05, 4.69) is 49.8 Å². The van der Waals surface area contributed by atoms with Crippen molar-refractivity contribution in [2.24, 2.45) is 0 Å². The van der Waals surface area contributed by atoms with E-state index in [0.717, 1.165) is 31.6 Å². The molecule has 232 valence electrons. The number of hydrogen-bond acceptors (Lipinski definition) is 11. The van der Waals surface area contributed by atoms with Gasteiger partial charge < -0.3 is 40.4 Å². The van der Waals surface area contributed by atoms with E-state index in [4.69, 9.17) is 31.5 Å². The maximum absolute atomic E-state index is 12.3. The van der Waals surface area contributed by atoms with E-state index in [-0.39, 0.29) is 11.0 Å². The molecule has 0 bridgehead atoms. The number of benzene rings is 2. The zero-order valence-corrected chi connectivity index (χ0v) is 26.5. The van der Waals surface area contributed by atoms with Crippen LogP contribution < -0.4 is 36.1 Å². The number of halogens is 1. The smallest absolute Gasteiger partial charge is 0.412 e. The topological polar surface area (TPSA) is 139 Å². The lowest BCUT2D eigenvalue weighted by molar-refractivity contribution is 0.0636. The molecule has 1 aliphatic rings. The Balaban J connectivity index is 1.54. The van der Waals surface area contributed by atoms with E-state index >= 15 is 0 Å². The quantitative estimate of drug-likeness (QED) is 0.209. The average molecular weight is 613 g/mol. The first-order valence-electron chi connectivity index (χ1n) is 14.0. The second-order valence-corrected chi connectivity index (χ2v) is 11.9. The largest absolute Gasteiger partial charge is 0.495 e. The van der Waals surface area contributed by atoms with Crippen LogP contribution in [0, 0.1) is 0 Å². The standard InChI is InChI=1S/C30H41ClN8O4/c1-30(2,3)43-29(40)34-18-8-9-25(41-6)22(14-18)35-27-20(31)17-33-28(37-27)36-23-15-21(32)24(16-26(23)42-7)39-12-10-19(11-13-39)38(4)5/h8-9,14-17,19H,10-13,32H2,1-7H3,(H,34,40)(H2,33,35,36,37). The fourth-order valence-corrected chi connectivity index (χ4v) is 4.96. The van der Waals surface area contributed by atoms with Crippen molar-refractivity contribution in [2.75, 3.05) is 68.0 Å². The van der Waals surface area contributed by atoms with Crippen molar-refractivity contribution in [3.05, 3.63) is 41.6 Å². The highest BCUT2D eigenvalue weighted by molar-refractivity contribution is 6.33. The van der Waals surface area contributed by atoms with E-state index in [1.54, 1.807) is 53.2 Å². The zero-order chi connectivity index (χ0) is 31.3. The van der Waals surface area contributed by atoms with Crippen molar-refractivity contribution >= 4 is 57.9 Å². The molecule has 3 aromatic rings. The monoisotopic (exact) mass is 612 g/mol. The SMILES string of the molecule is COc1cc(N2CCC(N(C)C)CC2)c(N)cc1Nc1ncc(Cl)c(Nc2cc(NC(=O)OC(C)(C)C)ccc2OC)n1. The number of rotatable bonds is 9. The van der Waals surface area contributed by atoms with Gasteiger partial charge in [-0.2, -0.15) is 4.98 Å². The molecule has 1 saturated heterocycles. The molecule has 1 fully saturated rings. The van der Waals surface area contributed by atoms with Gasteiger partial charge in [0.05, 0.1) is 43.2 Å². The summed E-state index contributed by atoms with van der Waals surface area (Å²) in [5.74, 6) is 1.71. The maximum Gasteiger partial charge on any atom is 0.412 e. The highest BCUT2D eigenvalue weighted by Crippen LogP contribution is 2.38. The number of aromatic nitrogens is 2. The van der Waals surface area contributed by atoms with Crippen LogP contribution >= 0.6 is 11.6 Å². The number of nitrogens with zero attached hydrogens (tertiary/aromatic N) is 4. The third-order valence-corrected chi connectivity index (χ3v) is 7.25. The average Bonchev–Trinajstić information content (AvgIpc) is 2.94. The molecule has 4 rings (SSSR count). The minimum Gasteiger partial charge on any atom is -0.495 e. The molecule has 0 unspecified atom stereocenters. The third-order valence-electron chi connectivity index (χ3n) is 6.97. The first kappa shape index (κ1) is 31.8. The number of nitrogens with two attached hydrogens (primary N) is 1. The molecule has 0 radical (unpaired) electrons. The summed E-state index contributed by atoms with van der Waals surface area (Å²) in [7, 11) is 7.39. The van der Waals surface area contributed by atoms with Gasteiger partial charge in [0.1, 0.15) is 22.1 Å². The number of carbonyl (C=O) groups is 1. The van der Waals surface area contributed by atoms with E-state index in [0.29, 0.717) is 46.1 Å². The number of nitrogen functional groups attached to an aromatic ring is 1. The van der Waals surface area contributed by atoms with Gasteiger partial charge in [-0.1, -0.05) is 11.6 Å². The summed E-state index contributed by atoms with van der Waals surface area (Å²) >= 11 is 6.46. The number of hydrogen-bond donors (Lipinski definition) is 4. The van der Waals surface area contributed by atoms with E-state index in [9.17, 15) is 4.79 Å². The molecule has 43 heavy (non-hydrogen) atoms. The molecule has 13 heteroatoms. The van der Waals surface area contributed by atoms with Crippen LogP contribution in [0.1, 0.15) is 33.6 Å². The Morgan fingerprint density at radius 3 is 2.35 bits per heavy atom. The molecule has 2 heterocycles. The predicted molar refractivity (Wildman–Crippen MR) is 173 cm³/mol. The number of nitrogens with one attached hydrogen (secondary N) is 3. The molecule has 5 N–H and O–H groups in total. The number of methoxy groups -OCH3 is 2. The number of piperidine rings is 1. The Kier molecular flexibility index (Phi) is 9.92. The van der Waals surface area contributed by atoms with Crippen molar-refractivity contribution in [3.63, 3.8) is 0 Å². The normalized spacial score (nSPS) is 13.9. The first-order valence-corrected chi connectivity index (χ1v) is 14.4. The lowest BCUT2D eigenvalue weighted by Gasteiger charge is -2.37. The van der Waals surface area contributed by atoms with Crippen molar-refractivity contribution in [2.45, 2.75) is 45.3 Å². The Hall–Kier alpha value is -4.16. The molecule has 0 saturated carbocycles. The van der Waals surface area contributed by atoms with Gasteiger partial charge in [0.2, 0.25) is 5.95 Å². The molecule has 1 aromatic heterocycles. The van der Waals surface area contributed by atoms with Gasteiger partial charge in [-0.3, -0.25) is 5.32 Å². The van der Waals surface area contributed by atoms with Crippen molar-refractivity contribution in [3.8, 4) is 11.5 Å². The summed E-state index contributed by atoms with van der Waals surface area (Å²) in [4.78, 5) is 25.8. The van der Waals surface area contributed by atoms with Crippen LogP contribution in [0.25, 0.3) is 0 Å². The summed E-state index contributed by atoms with van der Waals surface area (Å²) in [5.41, 5.74) is 9.07. The summed E-state index contributed by atoms with van der Waals surface area (Å²) in [6.07, 6.45) is 3.03. The van der Waals surface area contributed by atoms with Gasteiger partial charge in [-0.25, -0.2) is 9.78 Å².